The van der Waals surface area contributed by atoms with E-state index in [0.717, 1.165) is 29.7 Å². The number of amides is 1. The molecule has 3 rings (SSSR count). The average molecular weight is 388 g/mol. The van der Waals surface area contributed by atoms with Crippen molar-refractivity contribution in [2.75, 3.05) is 30.3 Å². The van der Waals surface area contributed by atoms with Crippen molar-refractivity contribution in [1.29, 1.82) is 0 Å². The molecule has 0 radical (unpaired) electrons. The number of hydrogen-bond donors (Lipinski definition) is 2. The zero-order valence-electron chi connectivity index (χ0n) is 15.7. The zero-order chi connectivity index (χ0) is 19.4. The highest BCUT2D eigenvalue weighted by Crippen LogP contribution is 2.22. The molecule has 1 aliphatic rings. The smallest absolute Gasteiger partial charge is 0.243 e. The Morgan fingerprint density at radius 1 is 1.04 bits per heavy atom. The van der Waals surface area contributed by atoms with Gasteiger partial charge in [0, 0.05) is 24.5 Å². The Hall–Kier alpha value is -2.38. The van der Waals surface area contributed by atoms with E-state index in [1.807, 2.05) is 32.0 Å². The molecular formula is C20H25N3O3S. The monoisotopic (exact) mass is 387 g/mol. The van der Waals surface area contributed by atoms with Crippen LogP contribution in [0.1, 0.15) is 24.0 Å². The molecule has 2 aromatic carbocycles. The Balaban J connectivity index is 1.59. The number of carbonyl (C=O) groups is 1. The highest BCUT2D eigenvalue weighted by atomic mass is 32.2. The van der Waals surface area contributed by atoms with Crippen LogP contribution in [0.15, 0.2) is 47.4 Å². The molecule has 1 aliphatic heterocycles. The second-order valence-corrected chi connectivity index (χ2v) is 8.72. The average Bonchev–Trinajstić information content (AvgIpc) is 3.19. The van der Waals surface area contributed by atoms with Crippen LogP contribution in [-0.4, -0.2) is 38.3 Å². The third kappa shape index (κ3) is 4.48. The minimum absolute atomic E-state index is 0.137. The molecule has 0 aromatic heterocycles. The van der Waals surface area contributed by atoms with Gasteiger partial charge >= 0.3 is 0 Å². The standard InChI is InChI=1S/C20H25N3O3S/c1-15-6-5-7-19(16(15)2)21-14-20(24)22-17-8-10-18(11-9-17)27(25,26)23-12-3-4-13-23/h5-11,21H,3-4,12-14H2,1-2H3,(H,22,24). The second kappa shape index (κ2) is 8.10. The molecule has 1 heterocycles. The van der Waals surface area contributed by atoms with Gasteiger partial charge in [-0.1, -0.05) is 12.1 Å². The van der Waals surface area contributed by atoms with Crippen molar-refractivity contribution < 1.29 is 13.2 Å². The predicted molar refractivity (Wildman–Crippen MR) is 107 cm³/mol. The highest BCUT2D eigenvalue weighted by molar-refractivity contribution is 7.89. The SMILES string of the molecule is Cc1cccc(NCC(=O)Nc2ccc(S(=O)(=O)N3CCCC3)cc2)c1C. The molecule has 0 spiro atoms. The largest absolute Gasteiger partial charge is 0.376 e. The Kier molecular flexibility index (Phi) is 5.82. The molecule has 7 heteroatoms. The maximum absolute atomic E-state index is 12.5. The van der Waals surface area contributed by atoms with Crippen LogP contribution in [0.25, 0.3) is 0 Å². The van der Waals surface area contributed by atoms with Crippen molar-refractivity contribution in [3.63, 3.8) is 0 Å². The summed E-state index contributed by atoms with van der Waals surface area (Å²) in [5.41, 5.74) is 3.78. The lowest BCUT2D eigenvalue weighted by Crippen LogP contribution is -2.27. The number of benzene rings is 2. The minimum atomic E-state index is -3.43. The van der Waals surface area contributed by atoms with Crippen molar-refractivity contribution in [2.45, 2.75) is 31.6 Å². The molecule has 1 saturated heterocycles. The molecule has 0 unspecified atom stereocenters. The lowest BCUT2D eigenvalue weighted by atomic mass is 10.1. The van der Waals surface area contributed by atoms with E-state index in [0.29, 0.717) is 18.8 Å². The molecule has 2 N–H and O–H groups in total. The maximum atomic E-state index is 12.5. The summed E-state index contributed by atoms with van der Waals surface area (Å²) in [6.07, 6.45) is 1.81. The molecule has 1 amide bonds. The summed E-state index contributed by atoms with van der Waals surface area (Å²) in [4.78, 5) is 12.4. The summed E-state index contributed by atoms with van der Waals surface area (Å²) in [5.74, 6) is -0.189. The third-order valence-corrected chi connectivity index (χ3v) is 6.80. The molecule has 1 fully saturated rings. The van der Waals surface area contributed by atoms with E-state index in [1.165, 1.54) is 4.31 Å². The summed E-state index contributed by atoms with van der Waals surface area (Å²) >= 11 is 0. The lowest BCUT2D eigenvalue weighted by molar-refractivity contribution is -0.114. The number of sulfonamides is 1. The van der Waals surface area contributed by atoms with Crippen LogP contribution in [0.5, 0.6) is 0 Å². The van der Waals surface area contributed by atoms with Gasteiger partial charge in [0.25, 0.3) is 0 Å². The molecule has 144 valence electrons. The van der Waals surface area contributed by atoms with Crippen molar-refractivity contribution in [1.82, 2.24) is 4.31 Å². The van der Waals surface area contributed by atoms with Crippen LogP contribution in [0.2, 0.25) is 0 Å². The first-order valence-electron chi connectivity index (χ1n) is 9.08. The van der Waals surface area contributed by atoms with Crippen LogP contribution in [0.3, 0.4) is 0 Å². The third-order valence-electron chi connectivity index (χ3n) is 4.88. The van der Waals surface area contributed by atoms with E-state index in [1.54, 1.807) is 24.3 Å². The summed E-state index contributed by atoms with van der Waals surface area (Å²) in [5, 5.41) is 5.92. The van der Waals surface area contributed by atoms with Gasteiger partial charge in [0.15, 0.2) is 0 Å². The number of aryl methyl sites for hydroxylation is 1. The van der Waals surface area contributed by atoms with Gasteiger partial charge in [-0.25, -0.2) is 8.42 Å². The first kappa shape index (κ1) is 19.4. The Bertz CT molecular complexity index is 918. The molecular weight excluding hydrogens is 362 g/mol. The van der Waals surface area contributed by atoms with Gasteiger partial charge in [-0.05, 0) is 68.1 Å². The van der Waals surface area contributed by atoms with E-state index in [-0.39, 0.29) is 17.3 Å². The van der Waals surface area contributed by atoms with Crippen molar-refractivity contribution in [3.8, 4) is 0 Å². The Morgan fingerprint density at radius 3 is 2.37 bits per heavy atom. The zero-order valence-corrected chi connectivity index (χ0v) is 16.5. The van der Waals surface area contributed by atoms with Crippen LogP contribution < -0.4 is 10.6 Å². The maximum Gasteiger partial charge on any atom is 0.243 e. The van der Waals surface area contributed by atoms with Crippen molar-refractivity contribution in [3.05, 3.63) is 53.6 Å². The number of nitrogens with zero attached hydrogens (tertiary/aromatic N) is 1. The fraction of sp³-hybridized carbons (Fsp3) is 0.350. The highest BCUT2D eigenvalue weighted by Gasteiger charge is 2.26. The van der Waals surface area contributed by atoms with Crippen LogP contribution in [0, 0.1) is 13.8 Å². The summed E-state index contributed by atoms with van der Waals surface area (Å²) < 4.78 is 26.5. The predicted octanol–water partition coefficient (Wildman–Crippen LogP) is 3.14. The molecule has 0 bridgehead atoms. The molecule has 27 heavy (non-hydrogen) atoms. The lowest BCUT2D eigenvalue weighted by Gasteiger charge is -2.16. The summed E-state index contributed by atoms with van der Waals surface area (Å²) in [6.45, 7) is 5.32. The Labute approximate surface area is 160 Å². The number of carbonyl (C=O) groups excluding carboxylic acids is 1. The number of nitrogens with one attached hydrogen (secondary N) is 2. The van der Waals surface area contributed by atoms with Crippen molar-refractivity contribution in [2.24, 2.45) is 0 Å². The summed E-state index contributed by atoms with van der Waals surface area (Å²) in [6, 6.07) is 12.2. The quantitative estimate of drug-likeness (QED) is 0.798. The van der Waals surface area contributed by atoms with Crippen LogP contribution in [-0.2, 0) is 14.8 Å². The molecule has 2 aromatic rings. The number of hydrogen-bond acceptors (Lipinski definition) is 4. The topological polar surface area (TPSA) is 78.5 Å². The van der Waals surface area contributed by atoms with E-state index in [4.69, 9.17) is 0 Å². The second-order valence-electron chi connectivity index (χ2n) is 6.78. The molecule has 6 nitrogen and oxygen atoms in total. The number of anilines is 2. The Morgan fingerprint density at radius 2 is 1.70 bits per heavy atom. The fourth-order valence-corrected chi connectivity index (χ4v) is 4.63. The van der Waals surface area contributed by atoms with Gasteiger partial charge in [-0.2, -0.15) is 4.31 Å². The first-order chi connectivity index (χ1) is 12.9. The van der Waals surface area contributed by atoms with Gasteiger partial charge in [-0.15, -0.1) is 0 Å². The molecule has 0 aliphatic carbocycles. The van der Waals surface area contributed by atoms with E-state index >= 15 is 0 Å². The summed E-state index contributed by atoms with van der Waals surface area (Å²) in [7, 11) is -3.43. The van der Waals surface area contributed by atoms with Gasteiger partial charge in [0.2, 0.25) is 15.9 Å². The first-order valence-corrected chi connectivity index (χ1v) is 10.5. The normalized spacial score (nSPS) is 14.9. The van der Waals surface area contributed by atoms with E-state index < -0.39 is 10.0 Å². The van der Waals surface area contributed by atoms with E-state index in [2.05, 4.69) is 10.6 Å². The van der Waals surface area contributed by atoms with Gasteiger partial charge in [0.1, 0.15) is 0 Å². The molecule has 0 atom stereocenters. The van der Waals surface area contributed by atoms with Gasteiger partial charge in [0.05, 0.1) is 11.4 Å². The van der Waals surface area contributed by atoms with E-state index in [9.17, 15) is 13.2 Å². The number of rotatable bonds is 6. The molecule has 0 saturated carbocycles. The van der Waals surface area contributed by atoms with Crippen LogP contribution in [0.4, 0.5) is 11.4 Å². The van der Waals surface area contributed by atoms with Crippen LogP contribution >= 0.6 is 0 Å². The van der Waals surface area contributed by atoms with Gasteiger partial charge in [-0.3, -0.25) is 4.79 Å². The van der Waals surface area contributed by atoms with Gasteiger partial charge < -0.3 is 10.6 Å². The fourth-order valence-electron chi connectivity index (χ4n) is 3.11. The minimum Gasteiger partial charge on any atom is -0.376 e. The van der Waals surface area contributed by atoms with Crippen molar-refractivity contribution >= 4 is 27.3 Å².